The molecule has 0 fully saturated rings. The molecule has 0 saturated heterocycles. The second-order valence-electron chi connectivity index (χ2n) is 1.57. The van der Waals surface area contributed by atoms with Crippen LogP contribution in [0.5, 0.6) is 0 Å². The van der Waals surface area contributed by atoms with Crippen molar-refractivity contribution in [2.24, 2.45) is 5.73 Å². The summed E-state index contributed by atoms with van der Waals surface area (Å²) in [6, 6.07) is 0. The third kappa shape index (κ3) is 3.15. The SMILES string of the molecule is C.Cc1cnc(CN)s1.Cl. The zero-order valence-electron chi connectivity index (χ0n) is 5.13. The van der Waals surface area contributed by atoms with Gasteiger partial charge in [-0.1, -0.05) is 7.43 Å². The molecule has 0 aromatic carbocycles. The summed E-state index contributed by atoms with van der Waals surface area (Å²) < 4.78 is 0. The summed E-state index contributed by atoms with van der Waals surface area (Å²) in [5, 5.41) is 1.02. The predicted molar refractivity (Wildman–Crippen MR) is 48.7 cm³/mol. The lowest BCUT2D eigenvalue weighted by atomic mass is 10.6. The quantitative estimate of drug-likeness (QED) is 0.718. The van der Waals surface area contributed by atoms with E-state index in [-0.39, 0.29) is 19.8 Å². The normalized spacial score (nSPS) is 7.80. The van der Waals surface area contributed by atoms with E-state index >= 15 is 0 Å². The highest BCUT2D eigenvalue weighted by molar-refractivity contribution is 7.11. The molecule has 2 nitrogen and oxygen atoms in total. The van der Waals surface area contributed by atoms with Gasteiger partial charge in [-0.3, -0.25) is 0 Å². The Morgan fingerprint density at radius 2 is 2.30 bits per heavy atom. The fourth-order valence-electron chi connectivity index (χ4n) is 0.496. The number of halogens is 1. The first-order valence-electron chi connectivity index (χ1n) is 2.44. The monoisotopic (exact) mass is 180 g/mol. The van der Waals surface area contributed by atoms with Gasteiger partial charge in [0.15, 0.2) is 0 Å². The maximum atomic E-state index is 5.31. The predicted octanol–water partition coefficient (Wildman–Crippen LogP) is 1.97. The Morgan fingerprint density at radius 1 is 1.70 bits per heavy atom. The largest absolute Gasteiger partial charge is 0.325 e. The van der Waals surface area contributed by atoms with Crippen LogP contribution in [0.4, 0.5) is 0 Å². The van der Waals surface area contributed by atoms with Crippen molar-refractivity contribution in [3.05, 3.63) is 16.1 Å². The van der Waals surface area contributed by atoms with Gasteiger partial charge in [-0.25, -0.2) is 4.98 Å². The number of rotatable bonds is 1. The van der Waals surface area contributed by atoms with E-state index in [2.05, 4.69) is 4.98 Å². The molecule has 0 atom stereocenters. The molecule has 0 radical (unpaired) electrons. The maximum Gasteiger partial charge on any atom is 0.106 e. The number of aryl methyl sites for hydroxylation is 1. The molecule has 1 aromatic heterocycles. The van der Waals surface area contributed by atoms with Gasteiger partial charge in [0.1, 0.15) is 5.01 Å². The lowest BCUT2D eigenvalue weighted by molar-refractivity contribution is 1.04. The number of aromatic nitrogens is 1. The molecule has 4 heteroatoms. The maximum absolute atomic E-state index is 5.31. The van der Waals surface area contributed by atoms with Crippen LogP contribution >= 0.6 is 23.7 Å². The number of hydrogen-bond acceptors (Lipinski definition) is 3. The zero-order valence-corrected chi connectivity index (χ0v) is 6.76. The minimum atomic E-state index is 0. The van der Waals surface area contributed by atoms with E-state index in [9.17, 15) is 0 Å². The van der Waals surface area contributed by atoms with Gasteiger partial charge in [-0.05, 0) is 6.92 Å². The summed E-state index contributed by atoms with van der Waals surface area (Å²) in [5.41, 5.74) is 5.31. The van der Waals surface area contributed by atoms with E-state index in [0.29, 0.717) is 6.54 Å². The minimum Gasteiger partial charge on any atom is -0.325 e. The highest BCUT2D eigenvalue weighted by Gasteiger charge is 1.91. The van der Waals surface area contributed by atoms with E-state index in [4.69, 9.17) is 5.73 Å². The minimum absolute atomic E-state index is 0. The molecule has 0 unspecified atom stereocenters. The van der Waals surface area contributed by atoms with Gasteiger partial charge >= 0.3 is 0 Å². The molecule has 1 aromatic rings. The Balaban J connectivity index is 0. The fraction of sp³-hybridized carbons (Fsp3) is 0.500. The topological polar surface area (TPSA) is 38.9 Å². The summed E-state index contributed by atoms with van der Waals surface area (Å²) in [5.74, 6) is 0. The zero-order chi connectivity index (χ0) is 5.98. The first-order chi connectivity index (χ1) is 3.83. The van der Waals surface area contributed by atoms with Crippen LogP contribution < -0.4 is 5.73 Å². The molecule has 0 aliphatic heterocycles. The van der Waals surface area contributed by atoms with Gasteiger partial charge in [-0.15, -0.1) is 23.7 Å². The van der Waals surface area contributed by atoms with Crippen LogP contribution in [0.3, 0.4) is 0 Å². The van der Waals surface area contributed by atoms with Crippen LogP contribution in [0.15, 0.2) is 6.20 Å². The summed E-state index contributed by atoms with van der Waals surface area (Å²) in [4.78, 5) is 5.26. The average Bonchev–Trinajstić information content (AvgIpc) is 2.14. The molecule has 1 rings (SSSR count). The third-order valence-corrected chi connectivity index (χ3v) is 1.78. The van der Waals surface area contributed by atoms with Crippen molar-refractivity contribution in [2.45, 2.75) is 20.9 Å². The van der Waals surface area contributed by atoms with Crippen molar-refractivity contribution in [3.63, 3.8) is 0 Å². The Bertz CT molecular complexity index is 176. The van der Waals surface area contributed by atoms with Crippen LogP contribution in [0.1, 0.15) is 17.3 Å². The summed E-state index contributed by atoms with van der Waals surface area (Å²) >= 11 is 1.65. The highest BCUT2D eigenvalue weighted by Crippen LogP contribution is 2.08. The molecule has 0 aliphatic carbocycles. The van der Waals surface area contributed by atoms with Crippen LogP contribution in [0, 0.1) is 6.92 Å². The summed E-state index contributed by atoms with van der Waals surface area (Å²) in [7, 11) is 0. The van der Waals surface area contributed by atoms with Crippen molar-refractivity contribution < 1.29 is 0 Å². The smallest absolute Gasteiger partial charge is 0.106 e. The second-order valence-corrected chi connectivity index (χ2v) is 2.89. The molecule has 1 heterocycles. The van der Waals surface area contributed by atoms with Gasteiger partial charge in [0.05, 0.1) is 0 Å². The molecule has 0 aliphatic rings. The van der Waals surface area contributed by atoms with Crippen LogP contribution in [-0.2, 0) is 6.54 Å². The summed E-state index contributed by atoms with van der Waals surface area (Å²) in [6.07, 6.45) is 1.84. The first-order valence-corrected chi connectivity index (χ1v) is 3.26. The standard InChI is InChI=1S/C5H8N2S.CH4.ClH/c1-4-3-7-5(2-6)8-4;;/h3H,2,6H2,1H3;1H4;1H. The van der Waals surface area contributed by atoms with Gasteiger partial charge < -0.3 is 5.73 Å². The Morgan fingerprint density at radius 3 is 2.50 bits per heavy atom. The third-order valence-electron chi connectivity index (χ3n) is 0.844. The first kappa shape index (κ1) is 12.5. The van der Waals surface area contributed by atoms with E-state index in [0.717, 1.165) is 5.01 Å². The molecule has 0 spiro atoms. The van der Waals surface area contributed by atoms with Crippen molar-refractivity contribution in [1.29, 1.82) is 0 Å². The average molecular weight is 181 g/mol. The van der Waals surface area contributed by atoms with Crippen LogP contribution in [-0.4, -0.2) is 4.98 Å². The van der Waals surface area contributed by atoms with Crippen LogP contribution in [0.2, 0.25) is 0 Å². The van der Waals surface area contributed by atoms with E-state index < -0.39 is 0 Å². The van der Waals surface area contributed by atoms with Gasteiger partial charge in [0, 0.05) is 17.6 Å². The van der Waals surface area contributed by atoms with Gasteiger partial charge in [-0.2, -0.15) is 0 Å². The fourth-order valence-corrected chi connectivity index (χ4v) is 1.16. The molecule has 10 heavy (non-hydrogen) atoms. The Kier molecular flexibility index (Phi) is 7.09. The van der Waals surface area contributed by atoms with Crippen molar-refractivity contribution in [1.82, 2.24) is 4.98 Å². The molecule has 60 valence electrons. The molecule has 2 N–H and O–H groups in total. The molecular weight excluding hydrogens is 168 g/mol. The molecular formula is C6H13ClN2S. The van der Waals surface area contributed by atoms with Crippen molar-refractivity contribution in [3.8, 4) is 0 Å². The second kappa shape index (κ2) is 5.65. The van der Waals surface area contributed by atoms with Crippen molar-refractivity contribution in [2.75, 3.05) is 0 Å². The number of nitrogens with two attached hydrogens (primary N) is 1. The number of hydrogen-bond donors (Lipinski definition) is 1. The number of nitrogens with zero attached hydrogens (tertiary/aromatic N) is 1. The summed E-state index contributed by atoms with van der Waals surface area (Å²) in [6.45, 7) is 2.59. The van der Waals surface area contributed by atoms with Crippen molar-refractivity contribution >= 4 is 23.7 Å². The lowest BCUT2D eigenvalue weighted by Crippen LogP contribution is -1.93. The Hall–Kier alpha value is -0.120. The lowest BCUT2D eigenvalue weighted by Gasteiger charge is -1.79. The highest BCUT2D eigenvalue weighted by atomic mass is 35.5. The Labute approximate surface area is 71.9 Å². The van der Waals surface area contributed by atoms with Gasteiger partial charge in [0.2, 0.25) is 0 Å². The van der Waals surface area contributed by atoms with E-state index in [1.54, 1.807) is 11.3 Å². The number of thiazole rings is 1. The van der Waals surface area contributed by atoms with Gasteiger partial charge in [0.25, 0.3) is 0 Å². The molecule has 0 saturated carbocycles. The van der Waals surface area contributed by atoms with E-state index in [1.165, 1.54) is 4.88 Å². The molecule has 0 bridgehead atoms. The molecule has 0 amide bonds. The van der Waals surface area contributed by atoms with E-state index in [1.807, 2.05) is 13.1 Å². The van der Waals surface area contributed by atoms with Crippen LogP contribution in [0.25, 0.3) is 0 Å².